The van der Waals surface area contributed by atoms with E-state index < -0.39 is 0 Å². The van der Waals surface area contributed by atoms with Gasteiger partial charge in [-0.3, -0.25) is 9.69 Å². The van der Waals surface area contributed by atoms with Crippen molar-refractivity contribution in [2.45, 2.75) is 63.5 Å². The predicted octanol–water partition coefficient (Wildman–Crippen LogP) is 2.28. The zero-order chi connectivity index (χ0) is 14.7. The van der Waals surface area contributed by atoms with E-state index in [1.54, 1.807) is 7.11 Å². The molecule has 2 aliphatic heterocycles. The highest BCUT2D eigenvalue weighted by atomic mass is 16.5. The van der Waals surface area contributed by atoms with Gasteiger partial charge in [-0.15, -0.1) is 0 Å². The fraction of sp³-hybridized carbons (Fsp3) is 0.941. The number of methoxy groups -OCH3 is 1. The van der Waals surface area contributed by atoms with Gasteiger partial charge in [0.05, 0.1) is 12.6 Å². The highest BCUT2D eigenvalue weighted by Crippen LogP contribution is 2.35. The molecule has 0 aromatic heterocycles. The second-order valence-electron chi connectivity index (χ2n) is 7.05. The average Bonchev–Trinajstić information content (AvgIpc) is 2.55. The van der Waals surface area contributed by atoms with Crippen molar-refractivity contribution in [1.82, 2.24) is 9.80 Å². The Kier molecular flexibility index (Phi) is 5.17. The molecule has 4 nitrogen and oxygen atoms in total. The lowest BCUT2D eigenvalue weighted by atomic mass is 9.78. The maximum atomic E-state index is 12.7. The molecular formula is C17H30N2O2. The minimum Gasteiger partial charge on any atom is -0.381 e. The Hall–Kier alpha value is -0.610. The van der Waals surface area contributed by atoms with Crippen molar-refractivity contribution in [3.05, 3.63) is 0 Å². The molecule has 3 rings (SSSR count). The first kappa shape index (κ1) is 15.3. The van der Waals surface area contributed by atoms with Gasteiger partial charge in [-0.2, -0.15) is 0 Å². The summed E-state index contributed by atoms with van der Waals surface area (Å²) < 4.78 is 5.41. The number of carbonyl (C=O) groups excluding carboxylic acids is 1. The zero-order valence-electron chi connectivity index (χ0n) is 13.4. The van der Waals surface area contributed by atoms with Gasteiger partial charge in [0.1, 0.15) is 0 Å². The predicted molar refractivity (Wildman–Crippen MR) is 83.2 cm³/mol. The molecular weight excluding hydrogens is 264 g/mol. The van der Waals surface area contributed by atoms with Gasteiger partial charge in [-0.25, -0.2) is 0 Å². The molecule has 3 aliphatic rings. The number of likely N-dealkylation sites (tertiary alicyclic amines) is 2. The minimum absolute atomic E-state index is 0.377. The van der Waals surface area contributed by atoms with E-state index in [0.717, 1.165) is 38.4 Å². The van der Waals surface area contributed by atoms with E-state index in [2.05, 4.69) is 9.80 Å². The van der Waals surface area contributed by atoms with Gasteiger partial charge in [0.15, 0.2) is 0 Å². The Morgan fingerprint density at radius 2 is 1.71 bits per heavy atom. The molecule has 0 radical (unpaired) electrons. The van der Waals surface area contributed by atoms with Gasteiger partial charge in [0.25, 0.3) is 0 Å². The van der Waals surface area contributed by atoms with E-state index in [4.69, 9.17) is 4.74 Å². The number of piperidine rings is 2. The van der Waals surface area contributed by atoms with Crippen LogP contribution in [0.1, 0.15) is 51.4 Å². The normalized spacial score (nSPS) is 32.0. The summed E-state index contributed by atoms with van der Waals surface area (Å²) in [5.74, 6) is 1.16. The number of hydrogen-bond donors (Lipinski definition) is 0. The molecule has 0 N–H and O–H groups in total. The molecule has 1 saturated carbocycles. The highest BCUT2D eigenvalue weighted by Gasteiger charge is 2.36. The van der Waals surface area contributed by atoms with Crippen LogP contribution in [0.3, 0.4) is 0 Å². The van der Waals surface area contributed by atoms with Crippen LogP contribution >= 0.6 is 0 Å². The van der Waals surface area contributed by atoms with Gasteiger partial charge < -0.3 is 9.64 Å². The molecule has 120 valence electrons. The average molecular weight is 294 g/mol. The summed E-state index contributed by atoms with van der Waals surface area (Å²) in [4.78, 5) is 17.3. The van der Waals surface area contributed by atoms with Crippen LogP contribution in [-0.4, -0.2) is 61.1 Å². The van der Waals surface area contributed by atoms with E-state index in [1.165, 1.54) is 38.5 Å². The van der Waals surface area contributed by atoms with Crippen LogP contribution in [0, 0.1) is 5.92 Å². The van der Waals surface area contributed by atoms with Crippen molar-refractivity contribution in [2.75, 3.05) is 33.3 Å². The van der Waals surface area contributed by atoms with E-state index in [1.807, 2.05) is 0 Å². The molecule has 0 aromatic rings. The molecule has 0 spiro atoms. The number of rotatable bonds is 3. The topological polar surface area (TPSA) is 32.8 Å². The number of fused-ring (bicyclic) bond motifs is 1. The SMILES string of the molecule is COC1CCN(CC(=O)N2CCC[C@@H]3CCCC[C@H]32)CC1. The van der Waals surface area contributed by atoms with Gasteiger partial charge in [0, 0.05) is 32.8 Å². The molecule has 3 fully saturated rings. The molecule has 0 unspecified atom stereocenters. The van der Waals surface area contributed by atoms with Crippen LogP contribution in [0.15, 0.2) is 0 Å². The quantitative estimate of drug-likeness (QED) is 0.800. The number of hydrogen-bond acceptors (Lipinski definition) is 3. The monoisotopic (exact) mass is 294 g/mol. The smallest absolute Gasteiger partial charge is 0.237 e. The third-order valence-electron chi connectivity index (χ3n) is 5.79. The number of amides is 1. The molecule has 4 heteroatoms. The standard InChI is InChI=1S/C17H30N2O2/c1-21-15-8-11-18(12-9-15)13-17(20)19-10-4-6-14-5-2-3-7-16(14)19/h14-16H,2-13H2,1H3/t14-,16+/m0/s1. The molecule has 2 heterocycles. The van der Waals surface area contributed by atoms with Crippen LogP contribution in [0.5, 0.6) is 0 Å². The molecule has 0 aromatic carbocycles. The van der Waals surface area contributed by atoms with E-state index >= 15 is 0 Å². The lowest BCUT2D eigenvalue weighted by Crippen LogP contribution is -2.53. The van der Waals surface area contributed by atoms with Gasteiger partial charge in [0.2, 0.25) is 5.91 Å². The number of carbonyl (C=O) groups is 1. The summed E-state index contributed by atoms with van der Waals surface area (Å²) in [5.41, 5.74) is 0. The Morgan fingerprint density at radius 1 is 1.00 bits per heavy atom. The Bertz CT molecular complexity index is 351. The summed E-state index contributed by atoms with van der Waals surface area (Å²) in [6.45, 7) is 3.63. The van der Waals surface area contributed by atoms with Crippen LogP contribution in [-0.2, 0) is 9.53 Å². The number of ether oxygens (including phenoxy) is 1. The Morgan fingerprint density at radius 3 is 2.48 bits per heavy atom. The first-order chi connectivity index (χ1) is 10.3. The lowest BCUT2D eigenvalue weighted by molar-refractivity contribution is -0.139. The maximum Gasteiger partial charge on any atom is 0.237 e. The fourth-order valence-corrected chi connectivity index (χ4v) is 4.52. The van der Waals surface area contributed by atoms with Crippen molar-refractivity contribution in [1.29, 1.82) is 0 Å². The van der Waals surface area contributed by atoms with Gasteiger partial charge in [-0.1, -0.05) is 12.8 Å². The van der Waals surface area contributed by atoms with Gasteiger partial charge >= 0.3 is 0 Å². The lowest BCUT2D eigenvalue weighted by Gasteiger charge is -2.45. The summed E-state index contributed by atoms with van der Waals surface area (Å²) in [7, 11) is 1.79. The van der Waals surface area contributed by atoms with Crippen LogP contribution in [0.25, 0.3) is 0 Å². The molecule has 21 heavy (non-hydrogen) atoms. The van der Waals surface area contributed by atoms with Gasteiger partial charge in [-0.05, 0) is 44.4 Å². The second-order valence-corrected chi connectivity index (χ2v) is 7.05. The Labute approximate surface area is 128 Å². The minimum atomic E-state index is 0.377. The van der Waals surface area contributed by atoms with Crippen molar-refractivity contribution in [2.24, 2.45) is 5.92 Å². The summed E-state index contributed by atoms with van der Waals surface area (Å²) in [6.07, 6.45) is 10.3. The Balaban J connectivity index is 1.52. The van der Waals surface area contributed by atoms with E-state index in [-0.39, 0.29) is 0 Å². The summed E-state index contributed by atoms with van der Waals surface area (Å²) in [6, 6.07) is 0.552. The number of nitrogens with zero attached hydrogens (tertiary/aromatic N) is 2. The maximum absolute atomic E-state index is 12.7. The third-order valence-corrected chi connectivity index (χ3v) is 5.79. The molecule has 2 atom stereocenters. The summed E-state index contributed by atoms with van der Waals surface area (Å²) >= 11 is 0. The third kappa shape index (κ3) is 3.59. The second kappa shape index (κ2) is 7.10. The van der Waals surface area contributed by atoms with E-state index in [0.29, 0.717) is 24.6 Å². The van der Waals surface area contributed by atoms with Crippen molar-refractivity contribution < 1.29 is 9.53 Å². The molecule has 1 amide bonds. The van der Waals surface area contributed by atoms with Crippen molar-refractivity contribution in [3.8, 4) is 0 Å². The zero-order valence-corrected chi connectivity index (χ0v) is 13.4. The van der Waals surface area contributed by atoms with Crippen LogP contribution in [0.4, 0.5) is 0 Å². The first-order valence-corrected chi connectivity index (χ1v) is 8.82. The van der Waals surface area contributed by atoms with Crippen molar-refractivity contribution >= 4 is 5.91 Å². The summed E-state index contributed by atoms with van der Waals surface area (Å²) in [5, 5.41) is 0. The first-order valence-electron chi connectivity index (χ1n) is 8.82. The molecule has 1 aliphatic carbocycles. The largest absolute Gasteiger partial charge is 0.381 e. The molecule has 0 bridgehead atoms. The molecule has 2 saturated heterocycles. The highest BCUT2D eigenvalue weighted by molar-refractivity contribution is 5.78. The van der Waals surface area contributed by atoms with Crippen molar-refractivity contribution in [3.63, 3.8) is 0 Å². The van der Waals surface area contributed by atoms with Crippen LogP contribution < -0.4 is 0 Å². The van der Waals surface area contributed by atoms with Crippen LogP contribution in [0.2, 0.25) is 0 Å². The van der Waals surface area contributed by atoms with E-state index in [9.17, 15) is 4.79 Å². The fourth-order valence-electron chi connectivity index (χ4n) is 4.52.